The summed E-state index contributed by atoms with van der Waals surface area (Å²) >= 11 is 0. The summed E-state index contributed by atoms with van der Waals surface area (Å²) in [5.74, 6) is 0. The fourth-order valence-electron chi connectivity index (χ4n) is 0.931. The van der Waals surface area contributed by atoms with Gasteiger partial charge in [-0.25, -0.2) is 0 Å². The Hall–Kier alpha value is -0.120. The van der Waals surface area contributed by atoms with Crippen LogP contribution < -0.4 is 5.32 Å². The fraction of sp³-hybridized carbons (Fsp3) is 1.00. The van der Waals surface area contributed by atoms with Crippen molar-refractivity contribution in [3.05, 3.63) is 0 Å². The molecule has 0 spiro atoms. The molecule has 0 aromatic carbocycles. The van der Waals surface area contributed by atoms with Crippen LogP contribution in [0.4, 0.5) is 0 Å². The minimum Gasteiger partial charge on any atom is -0.383 e. The van der Waals surface area contributed by atoms with Crippen LogP contribution in [0, 0.1) is 0 Å². The van der Waals surface area contributed by atoms with Crippen LogP contribution in [0.2, 0.25) is 0 Å². The molecule has 0 unspecified atom stereocenters. The van der Waals surface area contributed by atoms with Gasteiger partial charge in [-0.05, 0) is 33.1 Å². The first-order valence-electron chi connectivity index (χ1n) is 4.69. The number of hydrogen-bond acceptors (Lipinski definition) is 3. The standard InChI is InChI=1S/C9H22N2O/c1-4-11(2)8-5-6-10-7-9-12-3/h10H,4-9H2,1-3H3. The van der Waals surface area contributed by atoms with Gasteiger partial charge < -0.3 is 15.0 Å². The molecule has 12 heavy (non-hydrogen) atoms. The van der Waals surface area contributed by atoms with Gasteiger partial charge in [0.1, 0.15) is 0 Å². The molecule has 3 heteroatoms. The third-order valence-corrected chi connectivity index (χ3v) is 1.92. The highest BCUT2D eigenvalue weighted by atomic mass is 16.5. The van der Waals surface area contributed by atoms with Crippen molar-refractivity contribution < 1.29 is 4.74 Å². The van der Waals surface area contributed by atoms with Crippen molar-refractivity contribution in [2.45, 2.75) is 13.3 Å². The van der Waals surface area contributed by atoms with E-state index in [1.54, 1.807) is 7.11 Å². The molecular weight excluding hydrogens is 152 g/mol. The van der Waals surface area contributed by atoms with Gasteiger partial charge in [-0.3, -0.25) is 0 Å². The molecule has 0 amide bonds. The van der Waals surface area contributed by atoms with E-state index in [1.807, 2.05) is 0 Å². The molecule has 0 saturated heterocycles. The Bertz CT molecular complexity index is 88.6. The van der Waals surface area contributed by atoms with Gasteiger partial charge in [0, 0.05) is 13.7 Å². The summed E-state index contributed by atoms with van der Waals surface area (Å²) < 4.78 is 4.92. The predicted octanol–water partition coefficient (Wildman–Crippen LogP) is 0.564. The van der Waals surface area contributed by atoms with Crippen molar-refractivity contribution in [1.82, 2.24) is 10.2 Å². The van der Waals surface area contributed by atoms with Crippen LogP contribution in [0.25, 0.3) is 0 Å². The Labute approximate surface area is 76.1 Å². The number of ether oxygens (including phenoxy) is 1. The first-order chi connectivity index (χ1) is 5.81. The summed E-state index contributed by atoms with van der Waals surface area (Å²) in [6.45, 7) is 7.36. The normalized spacial score (nSPS) is 11.0. The highest BCUT2D eigenvalue weighted by Crippen LogP contribution is 1.84. The van der Waals surface area contributed by atoms with Crippen molar-refractivity contribution in [1.29, 1.82) is 0 Å². The van der Waals surface area contributed by atoms with E-state index >= 15 is 0 Å². The molecule has 74 valence electrons. The SMILES string of the molecule is CCN(C)CCCNCCOC. The minimum absolute atomic E-state index is 0.809. The van der Waals surface area contributed by atoms with Crippen LogP contribution in [-0.4, -0.2) is 51.8 Å². The van der Waals surface area contributed by atoms with E-state index in [1.165, 1.54) is 13.0 Å². The molecule has 0 radical (unpaired) electrons. The molecule has 0 aromatic rings. The van der Waals surface area contributed by atoms with Gasteiger partial charge in [0.25, 0.3) is 0 Å². The van der Waals surface area contributed by atoms with Crippen LogP contribution in [0.3, 0.4) is 0 Å². The zero-order valence-corrected chi connectivity index (χ0v) is 8.60. The zero-order valence-electron chi connectivity index (χ0n) is 8.60. The summed E-state index contributed by atoms with van der Waals surface area (Å²) in [4.78, 5) is 2.32. The second kappa shape index (κ2) is 8.97. The lowest BCUT2D eigenvalue weighted by molar-refractivity contribution is 0.199. The molecule has 0 aromatic heterocycles. The van der Waals surface area contributed by atoms with Gasteiger partial charge in [0.15, 0.2) is 0 Å². The van der Waals surface area contributed by atoms with Crippen LogP contribution >= 0.6 is 0 Å². The Morgan fingerprint density at radius 1 is 1.33 bits per heavy atom. The van der Waals surface area contributed by atoms with Crippen LogP contribution in [0.15, 0.2) is 0 Å². The molecule has 0 aliphatic rings. The average molecular weight is 174 g/mol. The van der Waals surface area contributed by atoms with Gasteiger partial charge in [-0.1, -0.05) is 6.92 Å². The van der Waals surface area contributed by atoms with Crippen LogP contribution in [0.1, 0.15) is 13.3 Å². The number of hydrogen-bond donors (Lipinski definition) is 1. The average Bonchev–Trinajstić information content (AvgIpc) is 2.10. The summed E-state index contributed by atoms with van der Waals surface area (Å²) in [7, 11) is 3.88. The van der Waals surface area contributed by atoms with Gasteiger partial charge in [-0.2, -0.15) is 0 Å². The first kappa shape index (κ1) is 11.9. The number of nitrogens with one attached hydrogen (secondary N) is 1. The van der Waals surface area contributed by atoms with E-state index in [0.717, 1.165) is 26.2 Å². The van der Waals surface area contributed by atoms with E-state index in [4.69, 9.17) is 4.74 Å². The Balaban J connectivity index is 2.90. The van der Waals surface area contributed by atoms with Crippen molar-refractivity contribution in [2.24, 2.45) is 0 Å². The third kappa shape index (κ3) is 7.98. The number of methoxy groups -OCH3 is 1. The lowest BCUT2D eigenvalue weighted by Crippen LogP contribution is -2.25. The van der Waals surface area contributed by atoms with Gasteiger partial charge in [0.05, 0.1) is 6.61 Å². The monoisotopic (exact) mass is 174 g/mol. The van der Waals surface area contributed by atoms with Crippen molar-refractivity contribution in [3.8, 4) is 0 Å². The smallest absolute Gasteiger partial charge is 0.0587 e. The van der Waals surface area contributed by atoms with E-state index in [-0.39, 0.29) is 0 Å². The third-order valence-electron chi connectivity index (χ3n) is 1.92. The lowest BCUT2D eigenvalue weighted by atomic mass is 10.4. The molecule has 0 saturated carbocycles. The van der Waals surface area contributed by atoms with Crippen molar-refractivity contribution in [3.63, 3.8) is 0 Å². The Kier molecular flexibility index (Phi) is 8.88. The van der Waals surface area contributed by atoms with Crippen molar-refractivity contribution >= 4 is 0 Å². The maximum Gasteiger partial charge on any atom is 0.0587 e. The van der Waals surface area contributed by atoms with E-state index in [9.17, 15) is 0 Å². The Morgan fingerprint density at radius 3 is 2.67 bits per heavy atom. The Morgan fingerprint density at radius 2 is 2.08 bits per heavy atom. The maximum absolute atomic E-state index is 4.92. The maximum atomic E-state index is 4.92. The molecule has 0 atom stereocenters. The molecule has 0 fully saturated rings. The second-order valence-electron chi connectivity index (χ2n) is 2.99. The zero-order chi connectivity index (χ0) is 9.23. The predicted molar refractivity (Wildman–Crippen MR) is 52.5 cm³/mol. The minimum atomic E-state index is 0.809. The molecule has 0 bridgehead atoms. The fourth-order valence-corrected chi connectivity index (χ4v) is 0.931. The van der Waals surface area contributed by atoms with E-state index < -0.39 is 0 Å². The first-order valence-corrected chi connectivity index (χ1v) is 4.69. The second-order valence-corrected chi connectivity index (χ2v) is 2.99. The molecule has 0 heterocycles. The topological polar surface area (TPSA) is 24.5 Å². The summed E-state index contributed by atoms with van der Waals surface area (Å²) in [5, 5.41) is 3.31. The molecule has 0 aliphatic heterocycles. The molecule has 3 nitrogen and oxygen atoms in total. The lowest BCUT2D eigenvalue weighted by Gasteiger charge is -2.13. The van der Waals surface area contributed by atoms with E-state index in [0.29, 0.717) is 0 Å². The summed E-state index contributed by atoms with van der Waals surface area (Å²) in [6.07, 6.45) is 1.22. The number of rotatable bonds is 8. The summed E-state index contributed by atoms with van der Waals surface area (Å²) in [6, 6.07) is 0. The highest BCUT2D eigenvalue weighted by Gasteiger charge is 1.92. The molecule has 0 rings (SSSR count). The molecule has 1 N–H and O–H groups in total. The van der Waals surface area contributed by atoms with Gasteiger partial charge in [0.2, 0.25) is 0 Å². The molecular formula is C9H22N2O. The quantitative estimate of drug-likeness (QED) is 0.544. The summed E-state index contributed by atoms with van der Waals surface area (Å²) in [5.41, 5.74) is 0. The molecule has 0 aliphatic carbocycles. The van der Waals surface area contributed by atoms with Crippen LogP contribution in [-0.2, 0) is 4.74 Å². The number of nitrogens with zero attached hydrogens (tertiary/aromatic N) is 1. The highest BCUT2D eigenvalue weighted by molar-refractivity contribution is 4.51. The van der Waals surface area contributed by atoms with Crippen molar-refractivity contribution in [2.75, 3.05) is 46.9 Å². The largest absolute Gasteiger partial charge is 0.383 e. The van der Waals surface area contributed by atoms with Gasteiger partial charge in [-0.15, -0.1) is 0 Å². The van der Waals surface area contributed by atoms with Crippen LogP contribution in [0.5, 0.6) is 0 Å². The van der Waals surface area contributed by atoms with Gasteiger partial charge >= 0.3 is 0 Å². The van der Waals surface area contributed by atoms with E-state index in [2.05, 4.69) is 24.2 Å².